The van der Waals surface area contributed by atoms with Crippen molar-refractivity contribution < 1.29 is 8.42 Å². The minimum absolute atomic E-state index is 0.0805. The van der Waals surface area contributed by atoms with Crippen LogP contribution in [0, 0.1) is 0 Å². The average Bonchev–Trinajstić information content (AvgIpc) is 2.99. The minimum Gasteiger partial charge on any atom is -0.332 e. The number of aromatic nitrogens is 5. The lowest BCUT2D eigenvalue weighted by atomic mass is 10.4. The second kappa shape index (κ2) is 5.27. The first-order valence-electron chi connectivity index (χ1n) is 5.49. The lowest BCUT2D eigenvalue weighted by molar-refractivity contribution is 0.577. The Kier molecular flexibility index (Phi) is 3.72. The molecule has 0 atom stereocenters. The normalized spacial score (nSPS) is 11.8. The molecule has 3 N–H and O–H groups in total. The molecule has 0 fully saturated rings. The summed E-state index contributed by atoms with van der Waals surface area (Å²) in [5.74, 6) is 1.28. The number of aromatic amines is 2. The van der Waals surface area contributed by atoms with E-state index in [2.05, 4.69) is 29.9 Å². The lowest BCUT2D eigenvalue weighted by Crippen LogP contribution is -2.26. The number of hydrogen-bond acceptors (Lipinski definition) is 5. The molecule has 0 aliphatic rings. The van der Waals surface area contributed by atoms with Crippen LogP contribution in [0.3, 0.4) is 0 Å². The molecule has 0 radical (unpaired) electrons. The summed E-state index contributed by atoms with van der Waals surface area (Å²) in [6.07, 6.45) is 3.81. The predicted octanol–water partition coefficient (Wildman–Crippen LogP) is -0.389. The number of hydrogen-bond donors (Lipinski definition) is 3. The number of imidazole rings is 1. The molecule has 8 nitrogen and oxygen atoms in total. The van der Waals surface area contributed by atoms with Crippen molar-refractivity contribution >= 4 is 10.0 Å². The molecule has 2 heterocycles. The highest BCUT2D eigenvalue weighted by Gasteiger charge is 2.16. The molecule has 0 aliphatic heterocycles. The summed E-state index contributed by atoms with van der Waals surface area (Å²) in [5, 5.41) is 6.42. The largest absolute Gasteiger partial charge is 0.332 e. The fraction of sp³-hybridized carbons (Fsp3) is 0.444. The van der Waals surface area contributed by atoms with Crippen molar-refractivity contribution in [3.05, 3.63) is 24.2 Å². The van der Waals surface area contributed by atoms with E-state index in [4.69, 9.17) is 0 Å². The third-order valence-corrected chi connectivity index (χ3v) is 3.72. The summed E-state index contributed by atoms with van der Waals surface area (Å²) in [4.78, 5) is 10.6. The Morgan fingerprint density at radius 3 is 2.78 bits per heavy atom. The van der Waals surface area contributed by atoms with Gasteiger partial charge in [-0.2, -0.15) is 5.10 Å². The van der Waals surface area contributed by atoms with Gasteiger partial charge in [-0.3, -0.25) is 5.10 Å². The SMILES string of the molecule is CCc1ncc(S(=O)(=O)NCCc2ncn[nH]2)[nH]1. The van der Waals surface area contributed by atoms with E-state index in [9.17, 15) is 8.42 Å². The third kappa shape index (κ3) is 2.93. The minimum atomic E-state index is -3.53. The van der Waals surface area contributed by atoms with Crippen LogP contribution in [-0.2, 0) is 22.9 Å². The highest BCUT2D eigenvalue weighted by Crippen LogP contribution is 2.05. The Bertz CT molecular complexity index is 588. The summed E-state index contributed by atoms with van der Waals surface area (Å²) < 4.78 is 26.2. The van der Waals surface area contributed by atoms with Crippen LogP contribution < -0.4 is 4.72 Å². The van der Waals surface area contributed by atoms with Crippen molar-refractivity contribution in [2.24, 2.45) is 0 Å². The number of sulfonamides is 1. The van der Waals surface area contributed by atoms with Crippen molar-refractivity contribution in [2.45, 2.75) is 24.8 Å². The monoisotopic (exact) mass is 270 g/mol. The number of H-pyrrole nitrogens is 2. The third-order valence-electron chi connectivity index (χ3n) is 2.35. The molecule has 0 saturated carbocycles. The van der Waals surface area contributed by atoms with Crippen LogP contribution in [-0.4, -0.2) is 40.1 Å². The van der Waals surface area contributed by atoms with Gasteiger partial charge in [-0.05, 0) is 0 Å². The van der Waals surface area contributed by atoms with Crippen molar-refractivity contribution in [3.8, 4) is 0 Å². The van der Waals surface area contributed by atoms with E-state index in [0.29, 0.717) is 24.5 Å². The molecule has 2 aromatic rings. The standard InChI is InChI=1S/C9H14N6O2S/c1-2-7-10-5-9(14-7)18(16,17)13-4-3-8-11-6-12-15-8/h5-6,13H,2-4H2,1H3,(H,10,14)(H,11,12,15). The van der Waals surface area contributed by atoms with Gasteiger partial charge >= 0.3 is 0 Å². The second-order valence-corrected chi connectivity index (χ2v) is 5.36. The second-order valence-electron chi connectivity index (χ2n) is 3.63. The first kappa shape index (κ1) is 12.7. The van der Waals surface area contributed by atoms with Crippen LogP contribution >= 0.6 is 0 Å². The van der Waals surface area contributed by atoms with Gasteiger partial charge in [0.1, 0.15) is 18.0 Å². The van der Waals surface area contributed by atoms with Crippen LogP contribution in [0.1, 0.15) is 18.6 Å². The van der Waals surface area contributed by atoms with Gasteiger partial charge in [0, 0.05) is 19.4 Å². The summed E-state index contributed by atoms with van der Waals surface area (Å²) in [5.41, 5.74) is 0. The molecule has 0 bridgehead atoms. The van der Waals surface area contributed by atoms with E-state index in [0.717, 1.165) is 0 Å². The van der Waals surface area contributed by atoms with E-state index in [1.165, 1.54) is 12.5 Å². The maximum Gasteiger partial charge on any atom is 0.257 e. The van der Waals surface area contributed by atoms with E-state index in [-0.39, 0.29) is 11.6 Å². The first-order chi connectivity index (χ1) is 8.62. The molecule has 0 saturated heterocycles. The molecule has 0 aromatic carbocycles. The number of aryl methyl sites for hydroxylation is 1. The molecular formula is C9H14N6O2S. The topological polar surface area (TPSA) is 116 Å². The zero-order valence-electron chi connectivity index (χ0n) is 9.84. The van der Waals surface area contributed by atoms with Gasteiger partial charge in [0.25, 0.3) is 10.0 Å². The molecule has 98 valence electrons. The summed E-state index contributed by atoms with van der Waals surface area (Å²) >= 11 is 0. The maximum absolute atomic E-state index is 11.9. The zero-order valence-corrected chi connectivity index (χ0v) is 10.7. The summed E-state index contributed by atoms with van der Waals surface area (Å²) in [7, 11) is -3.53. The van der Waals surface area contributed by atoms with Crippen molar-refractivity contribution in [2.75, 3.05) is 6.54 Å². The van der Waals surface area contributed by atoms with Gasteiger partial charge in [0.2, 0.25) is 0 Å². The van der Waals surface area contributed by atoms with Crippen molar-refractivity contribution in [1.29, 1.82) is 0 Å². The van der Waals surface area contributed by atoms with Crippen LogP contribution in [0.25, 0.3) is 0 Å². The summed E-state index contributed by atoms with van der Waals surface area (Å²) in [6, 6.07) is 0. The Morgan fingerprint density at radius 2 is 2.17 bits per heavy atom. The molecule has 2 rings (SSSR count). The molecular weight excluding hydrogens is 256 g/mol. The van der Waals surface area contributed by atoms with Crippen LogP contribution in [0.5, 0.6) is 0 Å². The van der Waals surface area contributed by atoms with Crippen LogP contribution in [0.15, 0.2) is 17.6 Å². The predicted molar refractivity (Wildman–Crippen MR) is 63.2 cm³/mol. The highest BCUT2D eigenvalue weighted by atomic mass is 32.2. The van der Waals surface area contributed by atoms with Crippen LogP contribution in [0.4, 0.5) is 0 Å². The fourth-order valence-corrected chi connectivity index (χ4v) is 2.36. The smallest absolute Gasteiger partial charge is 0.257 e. The average molecular weight is 270 g/mol. The van der Waals surface area contributed by atoms with Gasteiger partial charge in [0.05, 0.1) is 6.20 Å². The Hall–Kier alpha value is -1.74. The summed E-state index contributed by atoms with van der Waals surface area (Å²) in [6.45, 7) is 2.14. The van der Waals surface area contributed by atoms with E-state index < -0.39 is 10.0 Å². The quantitative estimate of drug-likeness (QED) is 0.661. The Labute approximate surface area is 104 Å². The number of nitrogens with one attached hydrogen (secondary N) is 3. The molecule has 18 heavy (non-hydrogen) atoms. The first-order valence-corrected chi connectivity index (χ1v) is 6.98. The molecule has 0 unspecified atom stereocenters. The van der Waals surface area contributed by atoms with E-state index in [1.54, 1.807) is 0 Å². The Morgan fingerprint density at radius 1 is 1.33 bits per heavy atom. The molecule has 9 heteroatoms. The van der Waals surface area contributed by atoms with Gasteiger partial charge in [0.15, 0.2) is 5.03 Å². The van der Waals surface area contributed by atoms with Crippen molar-refractivity contribution in [1.82, 2.24) is 29.9 Å². The number of rotatable bonds is 6. The highest BCUT2D eigenvalue weighted by molar-refractivity contribution is 7.89. The van der Waals surface area contributed by atoms with Gasteiger partial charge < -0.3 is 4.98 Å². The van der Waals surface area contributed by atoms with Crippen molar-refractivity contribution in [3.63, 3.8) is 0 Å². The van der Waals surface area contributed by atoms with Gasteiger partial charge in [-0.25, -0.2) is 23.1 Å². The maximum atomic E-state index is 11.9. The van der Waals surface area contributed by atoms with E-state index >= 15 is 0 Å². The van der Waals surface area contributed by atoms with Crippen LogP contribution in [0.2, 0.25) is 0 Å². The molecule has 0 aliphatic carbocycles. The molecule has 0 spiro atoms. The Balaban J connectivity index is 1.95. The zero-order chi connectivity index (χ0) is 13.0. The van der Waals surface area contributed by atoms with E-state index in [1.807, 2.05) is 6.92 Å². The molecule has 0 amide bonds. The number of nitrogens with zero attached hydrogens (tertiary/aromatic N) is 3. The molecule has 2 aromatic heterocycles. The lowest BCUT2D eigenvalue weighted by Gasteiger charge is -2.02. The van der Waals surface area contributed by atoms with Gasteiger partial charge in [-0.1, -0.05) is 6.92 Å². The van der Waals surface area contributed by atoms with Gasteiger partial charge in [-0.15, -0.1) is 0 Å². The fourth-order valence-electron chi connectivity index (χ4n) is 1.39.